The minimum atomic E-state index is -0.709. The Labute approximate surface area is 377 Å². The van der Waals surface area contributed by atoms with Crippen LogP contribution in [0.2, 0.25) is 0 Å². The molecule has 9 aromatic carbocycles. The third kappa shape index (κ3) is 6.33. The van der Waals surface area contributed by atoms with Gasteiger partial charge in [0.2, 0.25) is 0 Å². The van der Waals surface area contributed by atoms with E-state index in [0.717, 1.165) is 77.1 Å². The summed E-state index contributed by atoms with van der Waals surface area (Å²) in [6.45, 7) is 0. The van der Waals surface area contributed by atoms with Crippen LogP contribution in [0.4, 0.5) is 8.78 Å². The lowest BCUT2D eigenvalue weighted by Gasteiger charge is -2.17. The van der Waals surface area contributed by atoms with Crippen LogP contribution in [0, 0.1) is 23.0 Å². The van der Waals surface area contributed by atoms with Crippen LogP contribution >= 0.6 is 0 Å². The molecule has 3 aromatic heterocycles. The van der Waals surface area contributed by atoms with E-state index < -0.39 is 11.6 Å². The van der Waals surface area contributed by atoms with E-state index in [1.54, 1.807) is 18.2 Å². The summed E-state index contributed by atoms with van der Waals surface area (Å²) in [7, 11) is 0. The zero-order chi connectivity index (χ0) is 44.3. The number of rotatable bonds is 7. The average molecular weight is 853 g/mol. The van der Waals surface area contributed by atoms with Crippen LogP contribution in [-0.2, 0) is 0 Å². The van der Waals surface area contributed by atoms with Gasteiger partial charge in [-0.3, -0.25) is 0 Å². The number of aromatic nitrogens is 5. The summed E-state index contributed by atoms with van der Waals surface area (Å²) in [6, 6.07) is 68.5. The standard InChI is InChI=1S/C58H34F2N6/c59-47-21-13-22-48(60)55(47)45-32-36(35-61)26-29-53(45)66-51-25-12-9-20-43(51)44-33-39(27-30-52(44)66)40-28-31-54(65-49-23-10-7-18-41(49)42-19-8-11-24-50(42)65)46(34-40)58-63-56(37-14-3-1-4-15-37)62-57(64-58)38-16-5-2-6-17-38/h1-34H. The molecular weight excluding hydrogens is 819 g/mol. The number of nitriles is 1. The third-order valence-corrected chi connectivity index (χ3v) is 12.4. The minimum Gasteiger partial charge on any atom is -0.309 e. The predicted molar refractivity (Wildman–Crippen MR) is 260 cm³/mol. The lowest BCUT2D eigenvalue weighted by atomic mass is 9.98. The normalized spacial score (nSPS) is 11.5. The number of hydrogen-bond acceptors (Lipinski definition) is 4. The molecule has 0 radical (unpaired) electrons. The summed E-state index contributed by atoms with van der Waals surface area (Å²) in [4.78, 5) is 15.5. The molecule has 0 aliphatic carbocycles. The molecule has 0 N–H and O–H groups in total. The summed E-state index contributed by atoms with van der Waals surface area (Å²) < 4.78 is 35.4. The third-order valence-electron chi connectivity index (χ3n) is 12.4. The van der Waals surface area contributed by atoms with Crippen molar-refractivity contribution in [3.63, 3.8) is 0 Å². The van der Waals surface area contributed by atoms with Gasteiger partial charge in [-0.25, -0.2) is 23.7 Å². The first-order valence-corrected chi connectivity index (χ1v) is 21.5. The summed E-state index contributed by atoms with van der Waals surface area (Å²) in [6.07, 6.45) is 0. The number of para-hydroxylation sites is 3. The molecule has 0 atom stereocenters. The fourth-order valence-electron chi connectivity index (χ4n) is 9.37. The lowest BCUT2D eigenvalue weighted by Crippen LogP contribution is -2.04. The quantitative estimate of drug-likeness (QED) is 0.160. The van der Waals surface area contributed by atoms with E-state index >= 15 is 8.78 Å². The van der Waals surface area contributed by atoms with Crippen molar-refractivity contribution in [2.75, 3.05) is 0 Å². The second kappa shape index (κ2) is 15.6. The second-order valence-electron chi connectivity index (χ2n) is 16.2. The highest BCUT2D eigenvalue weighted by atomic mass is 19.1. The fraction of sp³-hybridized carbons (Fsp3) is 0. The Bertz CT molecular complexity index is 3790. The van der Waals surface area contributed by atoms with Crippen molar-refractivity contribution < 1.29 is 8.78 Å². The van der Waals surface area contributed by atoms with E-state index in [1.807, 2.05) is 83.4 Å². The Morgan fingerprint density at radius 2 is 0.818 bits per heavy atom. The Morgan fingerprint density at radius 1 is 0.364 bits per heavy atom. The van der Waals surface area contributed by atoms with Gasteiger partial charge in [0, 0.05) is 43.8 Å². The van der Waals surface area contributed by atoms with Crippen LogP contribution in [0.15, 0.2) is 206 Å². The van der Waals surface area contributed by atoms with Crippen molar-refractivity contribution in [3.8, 4) is 73.9 Å². The molecule has 12 rings (SSSR count). The van der Waals surface area contributed by atoms with Crippen LogP contribution in [0.3, 0.4) is 0 Å². The Balaban J connectivity index is 1.11. The Hall–Kier alpha value is -9.06. The van der Waals surface area contributed by atoms with Gasteiger partial charge in [-0.2, -0.15) is 5.26 Å². The molecule has 0 unspecified atom stereocenters. The first-order chi connectivity index (χ1) is 32.5. The van der Waals surface area contributed by atoms with E-state index in [0.29, 0.717) is 28.7 Å². The Kier molecular flexibility index (Phi) is 9.14. The van der Waals surface area contributed by atoms with Crippen molar-refractivity contribution in [2.24, 2.45) is 0 Å². The molecule has 0 amide bonds. The lowest BCUT2D eigenvalue weighted by molar-refractivity contribution is 0.589. The number of benzene rings is 9. The molecule has 0 saturated heterocycles. The van der Waals surface area contributed by atoms with Crippen LogP contribution in [-0.4, -0.2) is 24.1 Å². The summed E-state index contributed by atoms with van der Waals surface area (Å²) in [5, 5.41) is 14.1. The molecule has 0 fully saturated rings. The second-order valence-corrected chi connectivity index (χ2v) is 16.2. The highest BCUT2D eigenvalue weighted by molar-refractivity contribution is 6.12. The maximum Gasteiger partial charge on any atom is 0.166 e. The molecule has 0 bridgehead atoms. The number of halogens is 2. The first kappa shape index (κ1) is 38.6. The summed E-state index contributed by atoms with van der Waals surface area (Å²) in [5.41, 5.74) is 10.1. The monoisotopic (exact) mass is 852 g/mol. The van der Waals surface area contributed by atoms with Crippen molar-refractivity contribution in [3.05, 3.63) is 223 Å². The van der Waals surface area contributed by atoms with E-state index in [1.165, 1.54) is 18.2 Å². The average Bonchev–Trinajstić information content (AvgIpc) is 3.89. The summed E-state index contributed by atoms with van der Waals surface area (Å²) >= 11 is 0. The zero-order valence-corrected chi connectivity index (χ0v) is 35.1. The molecule has 0 aliphatic heterocycles. The van der Waals surface area contributed by atoms with Crippen LogP contribution in [0.1, 0.15) is 5.56 Å². The molecule has 3 heterocycles. The SMILES string of the molecule is N#Cc1ccc(-n2c3ccccc3c3cc(-c4ccc(-n5c6ccccc6c6ccccc65)c(-c5nc(-c6ccccc6)nc(-c6ccccc6)n5)c4)ccc32)c(-c2c(F)cccc2F)c1. The minimum absolute atomic E-state index is 0.188. The largest absolute Gasteiger partial charge is 0.309 e. The number of hydrogen-bond donors (Lipinski definition) is 0. The van der Waals surface area contributed by atoms with E-state index in [-0.39, 0.29) is 11.1 Å². The molecule has 12 aromatic rings. The number of fused-ring (bicyclic) bond motifs is 6. The van der Waals surface area contributed by atoms with Crippen LogP contribution in [0.5, 0.6) is 0 Å². The van der Waals surface area contributed by atoms with Crippen LogP contribution < -0.4 is 0 Å². The molecule has 66 heavy (non-hydrogen) atoms. The summed E-state index contributed by atoms with van der Waals surface area (Å²) in [5.74, 6) is 0.223. The van der Waals surface area contributed by atoms with Gasteiger partial charge < -0.3 is 9.13 Å². The van der Waals surface area contributed by atoms with Gasteiger partial charge in [0.1, 0.15) is 11.6 Å². The smallest absolute Gasteiger partial charge is 0.166 e. The van der Waals surface area contributed by atoms with Crippen molar-refractivity contribution in [1.29, 1.82) is 5.26 Å². The van der Waals surface area contributed by atoms with Gasteiger partial charge in [-0.15, -0.1) is 0 Å². The van der Waals surface area contributed by atoms with Crippen LogP contribution in [0.25, 0.3) is 111 Å². The molecular formula is C58H34F2N6. The molecule has 0 aliphatic rings. The molecule has 0 spiro atoms. The maximum atomic E-state index is 15.6. The van der Waals surface area contributed by atoms with Crippen molar-refractivity contribution in [1.82, 2.24) is 24.1 Å². The highest BCUT2D eigenvalue weighted by Crippen LogP contribution is 2.42. The first-order valence-electron chi connectivity index (χ1n) is 21.5. The Morgan fingerprint density at radius 3 is 1.39 bits per heavy atom. The molecule has 8 heteroatoms. The van der Waals surface area contributed by atoms with E-state index in [2.05, 4.69) is 102 Å². The topological polar surface area (TPSA) is 72.3 Å². The number of nitrogens with zero attached hydrogens (tertiary/aromatic N) is 6. The zero-order valence-electron chi connectivity index (χ0n) is 35.1. The van der Waals surface area contributed by atoms with Gasteiger partial charge in [0.15, 0.2) is 17.5 Å². The predicted octanol–water partition coefficient (Wildman–Crippen LogP) is 14.6. The maximum absolute atomic E-state index is 15.6. The van der Waals surface area contributed by atoms with E-state index in [4.69, 9.17) is 15.0 Å². The fourth-order valence-corrected chi connectivity index (χ4v) is 9.37. The van der Waals surface area contributed by atoms with Crippen molar-refractivity contribution >= 4 is 43.6 Å². The van der Waals surface area contributed by atoms with Gasteiger partial charge in [0.05, 0.1) is 50.6 Å². The molecule has 310 valence electrons. The van der Waals surface area contributed by atoms with E-state index in [9.17, 15) is 5.26 Å². The highest BCUT2D eigenvalue weighted by Gasteiger charge is 2.23. The van der Waals surface area contributed by atoms with Gasteiger partial charge >= 0.3 is 0 Å². The molecule has 6 nitrogen and oxygen atoms in total. The van der Waals surface area contributed by atoms with Gasteiger partial charge in [-0.1, -0.05) is 133 Å². The molecule has 0 saturated carbocycles. The van der Waals surface area contributed by atoms with Crippen molar-refractivity contribution in [2.45, 2.75) is 0 Å². The van der Waals surface area contributed by atoms with Gasteiger partial charge in [-0.05, 0) is 83.9 Å². The van der Waals surface area contributed by atoms with Gasteiger partial charge in [0.25, 0.3) is 0 Å².